The molecule has 5 heteroatoms. The van der Waals surface area contributed by atoms with Crippen LogP contribution in [0.25, 0.3) is 0 Å². The van der Waals surface area contributed by atoms with E-state index in [1.807, 2.05) is 6.92 Å². The lowest BCUT2D eigenvalue weighted by atomic mass is 10.1. The van der Waals surface area contributed by atoms with Gasteiger partial charge in [-0.3, -0.25) is 9.59 Å². The highest BCUT2D eigenvalue weighted by Gasteiger charge is 2.26. The van der Waals surface area contributed by atoms with Crippen molar-refractivity contribution >= 4 is 11.9 Å². The molecule has 0 aromatic rings. The number of hydrogen-bond donors (Lipinski definition) is 3. The molecule has 84 valence electrons. The number of carbonyl (C=O) groups excluding carboxylic acids is 1. The van der Waals surface area contributed by atoms with Gasteiger partial charge in [-0.2, -0.15) is 0 Å². The summed E-state index contributed by atoms with van der Waals surface area (Å²) in [6, 6.07) is -0.710. The molecule has 1 amide bonds. The van der Waals surface area contributed by atoms with Crippen LogP contribution >= 0.6 is 0 Å². The molecule has 3 atom stereocenters. The first kappa shape index (κ1) is 11.7. The van der Waals surface area contributed by atoms with Crippen LogP contribution in [-0.4, -0.2) is 29.1 Å². The van der Waals surface area contributed by atoms with Crippen molar-refractivity contribution in [1.29, 1.82) is 0 Å². The Labute approximate surface area is 88.3 Å². The van der Waals surface area contributed by atoms with Gasteiger partial charge in [-0.1, -0.05) is 19.1 Å². The molecule has 0 aromatic carbocycles. The number of rotatable bonds is 4. The third-order valence-corrected chi connectivity index (χ3v) is 2.51. The van der Waals surface area contributed by atoms with Gasteiger partial charge in [0.1, 0.15) is 0 Å². The van der Waals surface area contributed by atoms with Gasteiger partial charge in [-0.05, 0) is 12.8 Å². The van der Waals surface area contributed by atoms with E-state index in [1.165, 1.54) is 0 Å². The van der Waals surface area contributed by atoms with E-state index in [2.05, 4.69) is 5.32 Å². The second-order valence-electron chi connectivity index (χ2n) is 3.70. The first-order chi connectivity index (χ1) is 7.04. The zero-order valence-corrected chi connectivity index (χ0v) is 8.64. The maximum atomic E-state index is 11.4. The minimum Gasteiger partial charge on any atom is -0.481 e. The second kappa shape index (κ2) is 4.93. The van der Waals surface area contributed by atoms with E-state index in [9.17, 15) is 9.59 Å². The lowest BCUT2D eigenvalue weighted by molar-refractivity contribution is -0.140. The predicted molar refractivity (Wildman–Crippen MR) is 55.1 cm³/mol. The summed E-state index contributed by atoms with van der Waals surface area (Å²) in [7, 11) is 0. The maximum absolute atomic E-state index is 11.4. The minimum atomic E-state index is -0.859. The zero-order valence-electron chi connectivity index (χ0n) is 8.64. The van der Waals surface area contributed by atoms with Gasteiger partial charge in [0, 0.05) is 6.04 Å². The Hall–Kier alpha value is -1.36. The molecule has 15 heavy (non-hydrogen) atoms. The minimum absolute atomic E-state index is 0.198. The number of aliphatic carboxylic acids is 1. The lowest BCUT2D eigenvalue weighted by Crippen LogP contribution is -2.44. The van der Waals surface area contributed by atoms with E-state index in [0.29, 0.717) is 12.8 Å². The number of amides is 1. The monoisotopic (exact) mass is 212 g/mol. The van der Waals surface area contributed by atoms with Gasteiger partial charge in [0.2, 0.25) is 5.91 Å². The van der Waals surface area contributed by atoms with Gasteiger partial charge < -0.3 is 16.2 Å². The SMILES string of the molecule is CC[C@@H](N)C(=O)NC1C=CC(C(=O)O)C1. The van der Waals surface area contributed by atoms with Crippen molar-refractivity contribution in [1.82, 2.24) is 5.32 Å². The second-order valence-corrected chi connectivity index (χ2v) is 3.70. The van der Waals surface area contributed by atoms with Gasteiger partial charge in [0.15, 0.2) is 0 Å². The summed E-state index contributed by atoms with van der Waals surface area (Å²) in [5, 5.41) is 11.4. The molecule has 0 aliphatic heterocycles. The van der Waals surface area contributed by atoms with Gasteiger partial charge in [-0.25, -0.2) is 0 Å². The van der Waals surface area contributed by atoms with Crippen molar-refractivity contribution in [2.45, 2.75) is 31.8 Å². The highest BCUT2D eigenvalue weighted by atomic mass is 16.4. The Kier molecular flexibility index (Phi) is 3.85. The molecule has 0 saturated carbocycles. The molecule has 5 nitrogen and oxygen atoms in total. The van der Waals surface area contributed by atoms with Gasteiger partial charge in [-0.15, -0.1) is 0 Å². The van der Waals surface area contributed by atoms with Crippen LogP contribution in [0.2, 0.25) is 0 Å². The molecular weight excluding hydrogens is 196 g/mol. The third kappa shape index (κ3) is 3.06. The topological polar surface area (TPSA) is 92.4 Å². The molecule has 0 bridgehead atoms. The molecule has 0 aromatic heterocycles. The fraction of sp³-hybridized carbons (Fsp3) is 0.600. The standard InChI is InChI=1S/C10H16N2O3/c1-2-8(11)9(13)12-7-4-3-6(5-7)10(14)15/h3-4,6-8H,2,5,11H2,1H3,(H,12,13)(H,14,15)/t6?,7?,8-/m1/s1. The largest absolute Gasteiger partial charge is 0.481 e. The van der Waals surface area contributed by atoms with Crippen LogP contribution in [0, 0.1) is 5.92 Å². The highest BCUT2D eigenvalue weighted by molar-refractivity contribution is 5.82. The molecule has 1 rings (SSSR count). The number of carboxylic acids is 1. The summed E-state index contributed by atoms with van der Waals surface area (Å²) < 4.78 is 0. The Bertz CT molecular complexity index is 288. The van der Waals surface area contributed by atoms with Crippen LogP contribution < -0.4 is 11.1 Å². The van der Waals surface area contributed by atoms with Crippen molar-refractivity contribution in [3.8, 4) is 0 Å². The average Bonchev–Trinajstić information content (AvgIpc) is 2.65. The number of hydrogen-bond acceptors (Lipinski definition) is 3. The molecule has 0 heterocycles. The summed E-state index contributed by atoms with van der Waals surface area (Å²) in [5.41, 5.74) is 5.54. The summed E-state index contributed by atoms with van der Waals surface area (Å²) in [5.74, 6) is -1.57. The number of carboxylic acid groups (broad SMARTS) is 1. The zero-order chi connectivity index (χ0) is 11.4. The van der Waals surface area contributed by atoms with Crippen LogP contribution in [0.5, 0.6) is 0 Å². The fourth-order valence-electron chi connectivity index (χ4n) is 1.46. The molecule has 4 N–H and O–H groups in total. The molecule has 0 saturated heterocycles. The van der Waals surface area contributed by atoms with Gasteiger partial charge in [0.25, 0.3) is 0 Å². The molecule has 0 fully saturated rings. The predicted octanol–water partition coefficient (Wildman–Crippen LogP) is -0.131. The molecular formula is C10H16N2O3. The summed E-state index contributed by atoms with van der Waals surface area (Å²) in [6.07, 6.45) is 4.30. The molecule has 1 aliphatic carbocycles. The van der Waals surface area contributed by atoms with Crippen molar-refractivity contribution in [3.63, 3.8) is 0 Å². The maximum Gasteiger partial charge on any atom is 0.310 e. The van der Waals surface area contributed by atoms with E-state index >= 15 is 0 Å². The first-order valence-corrected chi connectivity index (χ1v) is 5.01. The highest BCUT2D eigenvalue weighted by Crippen LogP contribution is 2.17. The molecule has 0 spiro atoms. The van der Waals surface area contributed by atoms with Crippen molar-refractivity contribution < 1.29 is 14.7 Å². The van der Waals surface area contributed by atoms with E-state index in [4.69, 9.17) is 10.8 Å². The summed E-state index contributed by atoms with van der Waals surface area (Å²) in [4.78, 5) is 22.0. The molecule has 2 unspecified atom stereocenters. The molecule has 0 radical (unpaired) electrons. The van der Waals surface area contributed by atoms with E-state index in [0.717, 1.165) is 0 Å². The summed E-state index contributed by atoms with van der Waals surface area (Å²) in [6.45, 7) is 1.83. The summed E-state index contributed by atoms with van der Waals surface area (Å²) >= 11 is 0. The van der Waals surface area contributed by atoms with Crippen molar-refractivity contribution in [2.24, 2.45) is 11.7 Å². The Balaban J connectivity index is 2.40. The van der Waals surface area contributed by atoms with Crippen molar-refractivity contribution in [3.05, 3.63) is 12.2 Å². The molecule has 1 aliphatic rings. The number of nitrogens with two attached hydrogens (primary N) is 1. The van der Waals surface area contributed by atoms with Crippen molar-refractivity contribution in [2.75, 3.05) is 0 Å². The number of carbonyl (C=O) groups is 2. The quantitative estimate of drug-likeness (QED) is 0.566. The average molecular weight is 212 g/mol. The van der Waals surface area contributed by atoms with E-state index in [-0.39, 0.29) is 11.9 Å². The van der Waals surface area contributed by atoms with Crippen LogP contribution in [0.3, 0.4) is 0 Å². The van der Waals surface area contributed by atoms with E-state index < -0.39 is 17.9 Å². The normalized spacial score (nSPS) is 26.3. The smallest absolute Gasteiger partial charge is 0.310 e. The lowest BCUT2D eigenvalue weighted by Gasteiger charge is -2.15. The Morgan fingerprint density at radius 2 is 2.27 bits per heavy atom. The Morgan fingerprint density at radius 1 is 1.60 bits per heavy atom. The Morgan fingerprint density at radius 3 is 2.73 bits per heavy atom. The fourth-order valence-corrected chi connectivity index (χ4v) is 1.46. The van der Waals surface area contributed by atoms with Crippen LogP contribution in [0.15, 0.2) is 12.2 Å². The van der Waals surface area contributed by atoms with Gasteiger partial charge >= 0.3 is 5.97 Å². The third-order valence-electron chi connectivity index (χ3n) is 2.51. The first-order valence-electron chi connectivity index (χ1n) is 5.01. The number of nitrogens with one attached hydrogen (secondary N) is 1. The van der Waals surface area contributed by atoms with Gasteiger partial charge in [0.05, 0.1) is 12.0 Å². The van der Waals surface area contributed by atoms with Crippen LogP contribution in [0.1, 0.15) is 19.8 Å². The van der Waals surface area contributed by atoms with Crippen LogP contribution in [-0.2, 0) is 9.59 Å². The van der Waals surface area contributed by atoms with E-state index in [1.54, 1.807) is 12.2 Å². The van der Waals surface area contributed by atoms with Crippen LogP contribution in [0.4, 0.5) is 0 Å².